The second-order valence-electron chi connectivity index (χ2n) is 18.5. The van der Waals surface area contributed by atoms with E-state index >= 15 is 0 Å². The number of carbonyl (C=O) groups is 9. The molecule has 3 aliphatic heterocycles. The standard InChI is InChI=1S/C20H20FN3O4.C19H19FN4O3.C11H14FN3O.C9H8O4/c1-28-19(26)15-4-2-3-14(13-15)18(25)23-9-11-24(12-10-23)20(27)22-17-7-5-16(21)6-8-17;20-15-4-6-16(7-5-15)22-19(27)24-10-8-23(9-11-24)18(26)14-3-1-2-13(12-14)17(21)25;12-9-1-3-10(4-2-9)14-11(16)15-7-5-13-6-8-15;1-13-9(12)7-4-2-3-6(5-7)8(10)11/h2-8,13H,9-12H2,1H3,(H,22,27);1-7,12H,8-11H2,(H2,21,25)(H,22,27);1-4,13H,5-8H2,(H,14,16);2-5H,1H3,(H,10,11). The van der Waals surface area contributed by atoms with Gasteiger partial charge in [0.1, 0.15) is 17.5 Å². The number of carbonyl (C=O) groups excluding carboxylic acids is 8. The number of rotatable bonds is 9. The van der Waals surface area contributed by atoms with Crippen LogP contribution in [-0.2, 0) is 9.47 Å². The fraction of sp³-hybridized carbons (Fsp3) is 0.237. The second-order valence-corrected chi connectivity index (χ2v) is 18.5. The third kappa shape index (κ3) is 18.9. The van der Waals surface area contributed by atoms with E-state index in [0.29, 0.717) is 99.2 Å². The molecule has 9 rings (SSSR count). The molecule has 0 atom stereocenters. The van der Waals surface area contributed by atoms with Gasteiger partial charge in [0.15, 0.2) is 0 Å². The molecular weight excluding hydrogens is 1100 g/mol. The minimum absolute atomic E-state index is 0.0721. The molecule has 6 aromatic carbocycles. The van der Waals surface area contributed by atoms with Crippen LogP contribution in [0.2, 0.25) is 0 Å². The smallest absolute Gasteiger partial charge is 0.337 e. The molecule has 3 fully saturated rings. The first-order valence-corrected chi connectivity index (χ1v) is 26.1. The van der Waals surface area contributed by atoms with Gasteiger partial charge >= 0.3 is 36.0 Å². The predicted octanol–water partition coefficient (Wildman–Crippen LogP) is 6.95. The van der Waals surface area contributed by atoms with E-state index in [1.165, 1.54) is 111 Å². The minimum Gasteiger partial charge on any atom is -0.478 e. The number of anilines is 3. The number of primary amides is 1. The molecule has 25 heteroatoms. The molecule has 0 spiro atoms. The number of halogens is 3. The van der Waals surface area contributed by atoms with Crippen LogP contribution in [0.1, 0.15) is 62.1 Å². The normalized spacial score (nSPS) is 13.6. The molecule has 6 aromatic rings. The van der Waals surface area contributed by atoms with Gasteiger partial charge in [-0.3, -0.25) is 14.4 Å². The average Bonchev–Trinajstić information content (AvgIpc) is 3.65. The number of esters is 2. The molecule has 0 unspecified atom stereocenters. The molecule has 0 bridgehead atoms. The zero-order valence-corrected chi connectivity index (χ0v) is 45.7. The number of benzene rings is 6. The maximum Gasteiger partial charge on any atom is 0.337 e. The van der Waals surface area contributed by atoms with E-state index in [4.69, 9.17) is 10.8 Å². The Kier molecular flexibility index (Phi) is 23.3. The molecule has 9 amide bonds. The highest BCUT2D eigenvalue weighted by molar-refractivity contribution is 6.00. The van der Waals surface area contributed by atoms with Crippen LogP contribution in [-0.4, -0.2) is 176 Å². The lowest BCUT2D eigenvalue weighted by molar-refractivity contribution is 0.0590. The summed E-state index contributed by atoms with van der Waals surface area (Å²) in [6.07, 6.45) is 0. The Morgan fingerprint density at radius 2 is 0.702 bits per heavy atom. The van der Waals surface area contributed by atoms with Gasteiger partial charge in [-0.05, 0) is 127 Å². The summed E-state index contributed by atoms with van der Waals surface area (Å²) in [5.74, 6) is -4.17. The highest BCUT2D eigenvalue weighted by Gasteiger charge is 2.27. The molecule has 22 nitrogen and oxygen atoms in total. The molecule has 84 heavy (non-hydrogen) atoms. The van der Waals surface area contributed by atoms with Crippen LogP contribution in [0.5, 0.6) is 0 Å². The topological polar surface area (TPSA) is 283 Å². The number of nitrogens with one attached hydrogen (secondary N) is 4. The van der Waals surface area contributed by atoms with Gasteiger partial charge in [-0.1, -0.05) is 18.2 Å². The molecule has 0 radical (unpaired) electrons. The van der Waals surface area contributed by atoms with Gasteiger partial charge in [0, 0.05) is 112 Å². The van der Waals surface area contributed by atoms with Crippen molar-refractivity contribution in [2.24, 2.45) is 5.73 Å². The first kappa shape index (κ1) is 62.9. The van der Waals surface area contributed by atoms with Crippen molar-refractivity contribution in [1.82, 2.24) is 29.8 Å². The lowest BCUT2D eigenvalue weighted by atomic mass is 10.1. The minimum atomic E-state index is -1.06. The van der Waals surface area contributed by atoms with Crippen molar-refractivity contribution in [2.75, 3.05) is 109 Å². The number of aromatic carboxylic acids is 1. The van der Waals surface area contributed by atoms with E-state index in [2.05, 4.69) is 30.7 Å². The summed E-state index contributed by atoms with van der Waals surface area (Å²) in [5.41, 5.74) is 8.55. The number of hydrogen-bond donors (Lipinski definition) is 6. The van der Waals surface area contributed by atoms with Crippen molar-refractivity contribution in [3.8, 4) is 0 Å². The maximum atomic E-state index is 12.9. The number of carboxylic acids is 1. The maximum absolute atomic E-state index is 12.9. The molecule has 440 valence electrons. The molecule has 7 N–H and O–H groups in total. The summed E-state index contributed by atoms with van der Waals surface area (Å²) in [5, 5.41) is 19.9. The summed E-state index contributed by atoms with van der Waals surface area (Å²) in [6.45, 7) is 6.00. The van der Waals surface area contributed by atoms with Gasteiger partial charge in [0.25, 0.3) is 11.8 Å². The molecule has 0 aromatic heterocycles. The Bertz CT molecular complexity index is 3280. The SMILES string of the molecule is COC(=O)c1cccc(C(=O)N2CCN(C(=O)Nc3ccc(F)cc3)CC2)c1.COC(=O)c1cccc(C(=O)O)c1.NC(=O)c1cccc(C(=O)N2CCN(C(=O)Nc3ccc(F)cc3)CC2)c1.O=C(Nc1ccc(F)cc1)N1CCNCC1. The molecule has 3 heterocycles. The van der Waals surface area contributed by atoms with E-state index in [-0.39, 0.29) is 64.0 Å². The molecule has 3 aliphatic rings. The van der Waals surface area contributed by atoms with Crippen LogP contribution in [0.25, 0.3) is 0 Å². The van der Waals surface area contributed by atoms with E-state index in [0.717, 1.165) is 13.1 Å². The number of urea groups is 3. The fourth-order valence-electron chi connectivity index (χ4n) is 8.27. The first-order chi connectivity index (χ1) is 40.3. The fourth-order valence-corrected chi connectivity index (χ4v) is 8.27. The van der Waals surface area contributed by atoms with E-state index in [1.807, 2.05) is 0 Å². The van der Waals surface area contributed by atoms with Crippen molar-refractivity contribution >= 4 is 70.8 Å². The van der Waals surface area contributed by atoms with Crippen molar-refractivity contribution in [3.63, 3.8) is 0 Å². The number of amides is 9. The number of ether oxygens (including phenoxy) is 2. The van der Waals surface area contributed by atoms with Crippen molar-refractivity contribution in [2.45, 2.75) is 0 Å². The second kappa shape index (κ2) is 31.1. The van der Waals surface area contributed by atoms with E-state index in [1.54, 1.807) is 73.0 Å². The Labute approximate surface area is 480 Å². The van der Waals surface area contributed by atoms with Gasteiger partial charge in [-0.15, -0.1) is 0 Å². The molecular formula is C59H61F3N10O12. The van der Waals surface area contributed by atoms with Crippen LogP contribution in [0.4, 0.5) is 44.6 Å². The Morgan fingerprint density at radius 3 is 1.04 bits per heavy atom. The van der Waals surface area contributed by atoms with E-state index < -0.39 is 23.8 Å². The average molecular weight is 1160 g/mol. The summed E-state index contributed by atoms with van der Waals surface area (Å²) in [4.78, 5) is 114. The Balaban J connectivity index is 0.000000188. The summed E-state index contributed by atoms with van der Waals surface area (Å²) in [7, 11) is 2.53. The largest absolute Gasteiger partial charge is 0.478 e. The van der Waals surface area contributed by atoms with Crippen molar-refractivity contribution in [1.29, 1.82) is 0 Å². The van der Waals surface area contributed by atoms with Crippen LogP contribution in [0.15, 0.2) is 146 Å². The molecule has 0 aliphatic carbocycles. The third-order valence-corrected chi connectivity index (χ3v) is 12.9. The Hall–Kier alpha value is -10.3. The van der Waals surface area contributed by atoms with Gasteiger partial charge in [0.05, 0.1) is 30.9 Å². The lowest BCUT2D eigenvalue weighted by Crippen LogP contribution is -2.51. The number of nitrogens with two attached hydrogens (primary N) is 1. The van der Waals surface area contributed by atoms with Crippen LogP contribution >= 0.6 is 0 Å². The number of nitrogens with zero attached hydrogens (tertiary/aromatic N) is 5. The molecule has 0 saturated carbocycles. The number of carboxylic acid groups (broad SMARTS) is 1. The zero-order chi connectivity index (χ0) is 60.7. The predicted molar refractivity (Wildman–Crippen MR) is 303 cm³/mol. The quantitative estimate of drug-likeness (QED) is 0.0801. The lowest BCUT2D eigenvalue weighted by Gasteiger charge is -2.34. The third-order valence-electron chi connectivity index (χ3n) is 12.9. The van der Waals surface area contributed by atoms with Gasteiger partial charge in [0.2, 0.25) is 5.91 Å². The number of hydrogen-bond acceptors (Lipinski definition) is 12. The summed E-state index contributed by atoms with van der Waals surface area (Å²) >= 11 is 0. The van der Waals surface area contributed by atoms with Gasteiger partial charge < -0.3 is 66.1 Å². The highest BCUT2D eigenvalue weighted by Crippen LogP contribution is 2.17. The monoisotopic (exact) mass is 1160 g/mol. The van der Waals surface area contributed by atoms with Crippen molar-refractivity contribution in [3.05, 3.63) is 196 Å². The summed E-state index contributed by atoms with van der Waals surface area (Å²) < 4.78 is 47.6. The number of methoxy groups -OCH3 is 2. The van der Waals surface area contributed by atoms with Gasteiger partial charge in [-0.2, -0.15) is 0 Å². The van der Waals surface area contributed by atoms with Crippen LogP contribution < -0.4 is 27.0 Å². The Morgan fingerprint density at radius 1 is 0.417 bits per heavy atom. The zero-order valence-electron chi connectivity index (χ0n) is 45.7. The highest BCUT2D eigenvalue weighted by atomic mass is 19.1. The number of piperazine rings is 3. The first-order valence-electron chi connectivity index (χ1n) is 26.1. The van der Waals surface area contributed by atoms with E-state index in [9.17, 15) is 56.3 Å². The van der Waals surface area contributed by atoms with Crippen LogP contribution in [0.3, 0.4) is 0 Å². The van der Waals surface area contributed by atoms with Crippen LogP contribution in [0, 0.1) is 17.5 Å². The summed E-state index contributed by atoms with van der Waals surface area (Å²) in [6, 6.07) is 34.3. The van der Waals surface area contributed by atoms with Crippen molar-refractivity contribution < 1.29 is 70.9 Å². The van der Waals surface area contributed by atoms with Gasteiger partial charge in [-0.25, -0.2) is 41.9 Å². The molecule has 3 saturated heterocycles.